The Morgan fingerprint density at radius 2 is 1.75 bits per heavy atom. The van der Waals surface area contributed by atoms with Gasteiger partial charge in [0, 0.05) is 18.0 Å². The van der Waals surface area contributed by atoms with Crippen LogP contribution >= 0.6 is 15.9 Å². The molecule has 1 aromatic heterocycles. The first kappa shape index (κ1) is 14.1. The molecule has 0 unspecified atom stereocenters. The van der Waals surface area contributed by atoms with E-state index in [2.05, 4.69) is 36.5 Å². The Balaban J connectivity index is 1.83. The van der Waals surface area contributed by atoms with Crippen LogP contribution in [0.15, 0.2) is 47.2 Å². The van der Waals surface area contributed by atoms with Crippen molar-refractivity contribution in [3.63, 3.8) is 0 Å². The van der Waals surface area contributed by atoms with Crippen molar-refractivity contribution in [1.29, 1.82) is 0 Å². The molecule has 6 nitrogen and oxygen atoms in total. The third kappa shape index (κ3) is 4.13. The van der Waals surface area contributed by atoms with Crippen molar-refractivity contribution in [2.45, 2.75) is 0 Å². The minimum Gasteiger partial charge on any atom is -0.343 e. The molecule has 0 fully saturated rings. The zero-order chi connectivity index (χ0) is 14.4. The van der Waals surface area contributed by atoms with Crippen LogP contribution in [0.3, 0.4) is 0 Å². The second kappa shape index (κ2) is 6.76. The van der Waals surface area contributed by atoms with Crippen LogP contribution in [0.1, 0.15) is 10.4 Å². The van der Waals surface area contributed by atoms with Crippen molar-refractivity contribution in [2.75, 3.05) is 11.9 Å². The fourth-order valence-electron chi connectivity index (χ4n) is 1.40. The number of nitrogens with zero attached hydrogens (tertiary/aromatic N) is 2. The summed E-state index contributed by atoms with van der Waals surface area (Å²) < 4.78 is 0.716. The molecule has 20 heavy (non-hydrogen) atoms. The van der Waals surface area contributed by atoms with Crippen LogP contribution in [0.2, 0.25) is 0 Å². The van der Waals surface area contributed by atoms with Crippen molar-refractivity contribution in [3.8, 4) is 0 Å². The van der Waals surface area contributed by atoms with Crippen molar-refractivity contribution in [2.24, 2.45) is 0 Å². The lowest BCUT2D eigenvalue weighted by Crippen LogP contribution is -2.33. The SMILES string of the molecule is O=C(CNC(=O)c1ccccc1)Nc1ncc(Br)cn1. The Kier molecular flexibility index (Phi) is 4.78. The lowest BCUT2D eigenvalue weighted by molar-refractivity contribution is -0.115. The minimum absolute atomic E-state index is 0.146. The Bertz CT molecular complexity index is 602. The highest BCUT2D eigenvalue weighted by molar-refractivity contribution is 9.10. The standard InChI is InChI=1S/C13H11BrN4O2/c14-10-6-16-13(17-7-10)18-11(19)8-15-12(20)9-4-2-1-3-5-9/h1-7H,8H2,(H,15,20)(H,16,17,18,19). The monoisotopic (exact) mass is 334 g/mol. The van der Waals surface area contributed by atoms with E-state index >= 15 is 0 Å². The van der Waals surface area contributed by atoms with Crippen LogP contribution in [-0.2, 0) is 4.79 Å². The molecule has 1 aromatic carbocycles. The molecule has 0 aliphatic carbocycles. The molecule has 2 N–H and O–H groups in total. The first-order valence-electron chi connectivity index (χ1n) is 5.76. The third-order valence-electron chi connectivity index (χ3n) is 2.32. The molecule has 0 radical (unpaired) electrons. The highest BCUT2D eigenvalue weighted by atomic mass is 79.9. The summed E-state index contributed by atoms with van der Waals surface area (Å²) in [6.07, 6.45) is 3.04. The molecule has 0 bridgehead atoms. The van der Waals surface area contributed by atoms with Crippen molar-refractivity contribution < 1.29 is 9.59 Å². The Hall–Kier alpha value is -2.28. The predicted molar refractivity (Wildman–Crippen MR) is 77.1 cm³/mol. The van der Waals surface area contributed by atoms with E-state index in [-0.39, 0.29) is 18.4 Å². The van der Waals surface area contributed by atoms with Crippen LogP contribution in [-0.4, -0.2) is 28.3 Å². The Morgan fingerprint density at radius 1 is 1.10 bits per heavy atom. The van der Waals surface area contributed by atoms with Gasteiger partial charge in [-0.2, -0.15) is 0 Å². The van der Waals surface area contributed by atoms with E-state index in [9.17, 15) is 9.59 Å². The predicted octanol–water partition coefficient (Wildman–Crippen LogP) is 1.61. The van der Waals surface area contributed by atoms with Gasteiger partial charge in [0.2, 0.25) is 11.9 Å². The van der Waals surface area contributed by atoms with Crippen molar-refractivity contribution >= 4 is 33.7 Å². The van der Waals surface area contributed by atoms with E-state index in [4.69, 9.17) is 0 Å². The van der Waals surface area contributed by atoms with Gasteiger partial charge in [-0.3, -0.25) is 14.9 Å². The second-order valence-corrected chi connectivity index (χ2v) is 4.74. The Labute approximate surface area is 123 Å². The van der Waals surface area contributed by atoms with E-state index in [0.29, 0.717) is 10.0 Å². The summed E-state index contributed by atoms with van der Waals surface area (Å²) >= 11 is 3.19. The van der Waals surface area contributed by atoms with Crippen LogP contribution in [0.5, 0.6) is 0 Å². The van der Waals surface area contributed by atoms with E-state index in [1.54, 1.807) is 24.3 Å². The smallest absolute Gasteiger partial charge is 0.251 e. The molecular weight excluding hydrogens is 324 g/mol. The number of halogens is 1. The normalized spacial score (nSPS) is 9.85. The molecule has 2 amide bonds. The summed E-state index contributed by atoms with van der Waals surface area (Å²) in [6, 6.07) is 8.67. The highest BCUT2D eigenvalue weighted by Gasteiger charge is 2.08. The maximum absolute atomic E-state index is 11.7. The van der Waals surface area contributed by atoms with Crippen LogP contribution in [0, 0.1) is 0 Å². The second-order valence-electron chi connectivity index (χ2n) is 3.82. The van der Waals surface area contributed by atoms with Gasteiger partial charge < -0.3 is 5.32 Å². The molecule has 0 aliphatic rings. The lowest BCUT2D eigenvalue weighted by Gasteiger charge is -2.05. The highest BCUT2D eigenvalue weighted by Crippen LogP contribution is 2.06. The fourth-order valence-corrected chi connectivity index (χ4v) is 1.60. The molecule has 0 aliphatic heterocycles. The number of carbonyl (C=O) groups excluding carboxylic acids is 2. The molecule has 2 rings (SSSR count). The van der Waals surface area contributed by atoms with E-state index in [1.165, 1.54) is 12.4 Å². The first-order valence-corrected chi connectivity index (χ1v) is 6.55. The van der Waals surface area contributed by atoms with Crippen LogP contribution in [0.25, 0.3) is 0 Å². The van der Waals surface area contributed by atoms with E-state index < -0.39 is 5.91 Å². The molecule has 0 spiro atoms. The summed E-state index contributed by atoms with van der Waals surface area (Å²) in [4.78, 5) is 31.1. The Morgan fingerprint density at radius 3 is 2.40 bits per heavy atom. The van der Waals surface area contributed by atoms with Gasteiger partial charge in [-0.1, -0.05) is 18.2 Å². The summed E-state index contributed by atoms with van der Waals surface area (Å²) in [5, 5.41) is 4.99. The van der Waals surface area contributed by atoms with Gasteiger partial charge in [0.05, 0.1) is 11.0 Å². The number of carbonyl (C=O) groups is 2. The van der Waals surface area contributed by atoms with Gasteiger partial charge in [-0.15, -0.1) is 0 Å². The molecule has 1 heterocycles. The number of benzene rings is 1. The van der Waals surface area contributed by atoms with Crippen LogP contribution < -0.4 is 10.6 Å². The van der Waals surface area contributed by atoms with Gasteiger partial charge in [-0.05, 0) is 28.1 Å². The zero-order valence-electron chi connectivity index (χ0n) is 10.3. The number of aromatic nitrogens is 2. The number of hydrogen-bond donors (Lipinski definition) is 2. The average Bonchev–Trinajstić information content (AvgIpc) is 2.48. The summed E-state index contributed by atoms with van der Waals surface area (Å²) in [6.45, 7) is -0.146. The number of hydrogen-bond acceptors (Lipinski definition) is 4. The summed E-state index contributed by atoms with van der Waals surface area (Å²) in [7, 11) is 0. The molecular formula is C13H11BrN4O2. The van der Waals surface area contributed by atoms with Gasteiger partial charge in [0.1, 0.15) is 0 Å². The zero-order valence-corrected chi connectivity index (χ0v) is 11.9. The largest absolute Gasteiger partial charge is 0.343 e. The summed E-state index contributed by atoms with van der Waals surface area (Å²) in [5.41, 5.74) is 0.500. The summed E-state index contributed by atoms with van der Waals surface area (Å²) in [5.74, 6) is -0.513. The average molecular weight is 335 g/mol. The quantitative estimate of drug-likeness (QED) is 0.889. The molecule has 102 valence electrons. The van der Waals surface area contributed by atoms with Gasteiger partial charge in [0.25, 0.3) is 5.91 Å². The maximum atomic E-state index is 11.7. The number of rotatable bonds is 4. The lowest BCUT2D eigenvalue weighted by atomic mass is 10.2. The third-order valence-corrected chi connectivity index (χ3v) is 2.73. The van der Waals surface area contributed by atoms with E-state index in [1.807, 2.05) is 6.07 Å². The minimum atomic E-state index is -0.392. The molecule has 0 saturated heterocycles. The van der Waals surface area contributed by atoms with Crippen molar-refractivity contribution in [3.05, 3.63) is 52.8 Å². The number of amides is 2. The number of anilines is 1. The van der Waals surface area contributed by atoms with Gasteiger partial charge in [-0.25, -0.2) is 9.97 Å². The molecule has 0 atom stereocenters. The fraction of sp³-hybridized carbons (Fsp3) is 0.0769. The topological polar surface area (TPSA) is 84.0 Å². The first-order chi connectivity index (χ1) is 9.65. The van der Waals surface area contributed by atoms with Gasteiger partial charge in [0.15, 0.2) is 0 Å². The molecule has 0 saturated carbocycles. The van der Waals surface area contributed by atoms with Crippen molar-refractivity contribution in [1.82, 2.24) is 15.3 Å². The maximum Gasteiger partial charge on any atom is 0.251 e. The molecule has 2 aromatic rings. The van der Waals surface area contributed by atoms with E-state index in [0.717, 1.165) is 0 Å². The number of nitrogens with one attached hydrogen (secondary N) is 2. The molecule has 7 heteroatoms. The van der Waals surface area contributed by atoms with Gasteiger partial charge >= 0.3 is 0 Å². The van der Waals surface area contributed by atoms with Crippen LogP contribution in [0.4, 0.5) is 5.95 Å².